The molecule has 0 radical (unpaired) electrons. The smallest absolute Gasteiger partial charge is 0.186 e. The molecule has 0 rings (SSSR count). The van der Waals surface area contributed by atoms with Crippen molar-refractivity contribution >= 4 is 5.78 Å². The highest BCUT2D eigenvalue weighted by molar-refractivity contribution is 5.94. The first-order chi connectivity index (χ1) is 14.1. The van der Waals surface area contributed by atoms with Crippen LogP contribution in [0.5, 0.6) is 0 Å². The predicted octanol–water partition coefficient (Wildman–Crippen LogP) is 4.75. The molecule has 0 heterocycles. The zero-order chi connectivity index (χ0) is 21.6. The quantitative estimate of drug-likeness (QED) is 0.186. The van der Waals surface area contributed by atoms with Gasteiger partial charge in [-0.05, 0) is 18.9 Å². The van der Waals surface area contributed by atoms with Crippen LogP contribution in [-0.2, 0) is 4.79 Å². The average Bonchev–Trinajstić information content (AvgIpc) is 2.74. The van der Waals surface area contributed by atoms with E-state index in [1.165, 1.54) is 51.0 Å². The zero-order valence-electron chi connectivity index (χ0n) is 17.7. The van der Waals surface area contributed by atoms with Crippen LogP contribution in [0.2, 0.25) is 0 Å². The second-order valence-corrected chi connectivity index (χ2v) is 6.83. The lowest BCUT2D eigenvalue weighted by Gasteiger charge is -2.11. The van der Waals surface area contributed by atoms with Crippen molar-refractivity contribution in [2.45, 2.75) is 70.5 Å². The molecule has 0 aromatic rings. The van der Waals surface area contributed by atoms with Crippen LogP contribution in [0, 0.1) is 0 Å². The van der Waals surface area contributed by atoms with Crippen molar-refractivity contribution < 1.29 is 20.1 Å². The van der Waals surface area contributed by atoms with Crippen molar-refractivity contribution in [3.63, 3.8) is 0 Å². The topological polar surface area (TPSA) is 77.8 Å². The van der Waals surface area contributed by atoms with Gasteiger partial charge in [0.1, 0.15) is 12.2 Å². The molecule has 0 aromatic carbocycles. The van der Waals surface area contributed by atoms with Crippen molar-refractivity contribution in [3.05, 3.63) is 72.9 Å². The summed E-state index contributed by atoms with van der Waals surface area (Å²) >= 11 is 0. The molecule has 0 bridgehead atoms. The van der Waals surface area contributed by atoms with Crippen LogP contribution >= 0.6 is 0 Å². The second kappa shape index (κ2) is 20.7. The van der Waals surface area contributed by atoms with E-state index in [1.54, 1.807) is 12.2 Å². The van der Waals surface area contributed by atoms with Gasteiger partial charge < -0.3 is 15.3 Å². The number of aliphatic hydroxyl groups is 3. The molecular weight excluding hydrogens is 364 g/mol. The van der Waals surface area contributed by atoms with Crippen molar-refractivity contribution in [1.29, 1.82) is 0 Å². The molecular formula is C25H38O4. The van der Waals surface area contributed by atoms with Crippen LogP contribution < -0.4 is 0 Å². The van der Waals surface area contributed by atoms with Gasteiger partial charge in [-0.3, -0.25) is 4.79 Å². The number of rotatable bonds is 17. The van der Waals surface area contributed by atoms with Crippen LogP contribution in [0.25, 0.3) is 0 Å². The second-order valence-electron chi connectivity index (χ2n) is 6.83. The Morgan fingerprint density at radius 3 is 1.76 bits per heavy atom. The summed E-state index contributed by atoms with van der Waals surface area (Å²) in [6.07, 6.45) is 29.3. The monoisotopic (exact) mass is 402 g/mol. The molecule has 2 unspecified atom stereocenters. The first kappa shape index (κ1) is 27.0. The Bertz CT molecular complexity index is 567. The van der Waals surface area contributed by atoms with E-state index in [2.05, 4.69) is 19.1 Å². The molecule has 0 spiro atoms. The van der Waals surface area contributed by atoms with Gasteiger partial charge in [0.2, 0.25) is 0 Å². The number of unbranched alkanes of at least 4 members (excludes halogenated alkanes) is 7. The molecule has 29 heavy (non-hydrogen) atoms. The van der Waals surface area contributed by atoms with Gasteiger partial charge in [-0.15, -0.1) is 0 Å². The lowest BCUT2D eigenvalue weighted by molar-refractivity contribution is -0.129. The standard InChI is InChI=1S/C25H38O4/c1-2-3-4-5-6-7-8-9-10-11-12-13-14-15-16-17-18-19-20-21-23(27)25(29)24(28)22-26/h10-21,24-26,28-29H,2-9,22H2,1H3. The highest BCUT2D eigenvalue weighted by Crippen LogP contribution is 2.08. The fourth-order valence-corrected chi connectivity index (χ4v) is 2.45. The molecule has 162 valence electrons. The minimum Gasteiger partial charge on any atom is -0.394 e. The third kappa shape index (κ3) is 17.8. The maximum atomic E-state index is 11.4. The van der Waals surface area contributed by atoms with E-state index in [0.717, 1.165) is 12.5 Å². The molecule has 4 nitrogen and oxygen atoms in total. The molecule has 0 aliphatic heterocycles. The number of aliphatic hydroxyl groups excluding tert-OH is 3. The maximum absolute atomic E-state index is 11.4. The van der Waals surface area contributed by atoms with Crippen molar-refractivity contribution in [3.8, 4) is 0 Å². The lowest BCUT2D eigenvalue weighted by Crippen LogP contribution is -2.35. The van der Waals surface area contributed by atoms with E-state index in [9.17, 15) is 9.90 Å². The largest absolute Gasteiger partial charge is 0.394 e. The minimum absolute atomic E-state index is 0.648. The summed E-state index contributed by atoms with van der Waals surface area (Å²) in [5, 5.41) is 27.2. The lowest BCUT2D eigenvalue weighted by atomic mass is 10.1. The van der Waals surface area contributed by atoms with Crippen molar-refractivity contribution in [1.82, 2.24) is 0 Å². The van der Waals surface area contributed by atoms with E-state index in [4.69, 9.17) is 10.2 Å². The summed E-state index contributed by atoms with van der Waals surface area (Å²) < 4.78 is 0. The van der Waals surface area contributed by atoms with Gasteiger partial charge in [-0.25, -0.2) is 0 Å². The molecule has 2 atom stereocenters. The average molecular weight is 403 g/mol. The molecule has 0 saturated heterocycles. The van der Waals surface area contributed by atoms with Crippen LogP contribution in [-0.4, -0.2) is 39.9 Å². The van der Waals surface area contributed by atoms with Crippen molar-refractivity contribution in [2.75, 3.05) is 6.61 Å². The van der Waals surface area contributed by atoms with Gasteiger partial charge in [0.25, 0.3) is 0 Å². The van der Waals surface area contributed by atoms with Crippen LogP contribution in [0.15, 0.2) is 72.9 Å². The molecule has 0 saturated carbocycles. The van der Waals surface area contributed by atoms with Gasteiger partial charge in [0, 0.05) is 0 Å². The summed E-state index contributed by atoms with van der Waals surface area (Å²) in [7, 11) is 0. The van der Waals surface area contributed by atoms with Crippen molar-refractivity contribution in [2.24, 2.45) is 0 Å². The Labute approximate surface area is 176 Å². The molecule has 0 amide bonds. The SMILES string of the molecule is CCCCCCCCCC=CC=CC=CC=CC=CC=CC(=O)C(O)C(O)CO. The Hall–Kier alpha value is -2.01. The summed E-state index contributed by atoms with van der Waals surface area (Å²) in [5.41, 5.74) is 0. The Morgan fingerprint density at radius 2 is 1.21 bits per heavy atom. The van der Waals surface area contributed by atoms with Gasteiger partial charge in [0.15, 0.2) is 5.78 Å². The fourth-order valence-electron chi connectivity index (χ4n) is 2.45. The summed E-state index contributed by atoms with van der Waals surface area (Å²) in [6, 6.07) is 0. The first-order valence-electron chi connectivity index (χ1n) is 10.6. The summed E-state index contributed by atoms with van der Waals surface area (Å²) in [4.78, 5) is 11.4. The number of carbonyl (C=O) groups is 1. The summed E-state index contributed by atoms with van der Waals surface area (Å²) in [6.45, 7) is 1.59. The predicted molar refractivity (Wildman–Crippen MR) is 122 cm³/mol. The van der Waals surface area contributed by atoms with Gasteiger partial charge >= 0.3 is 0 Å². The van der Waals surface area contributed by atoms with Crippen LogP contribution in [0.3, 0.4) is 0 Å². The maximum Gasteiger partial charge on any atom is 0.186 e. The highest BCUT2D eigenvalue weighted by atomic mass is 16.4. The number of carbonyl (C=O) groups excluding carboxylic acids is 1. The number of hydrogen-bond acceptors (Lipinski definition) is 4. The third-order valence-corrected chi connectivity index (χ3v) is 4.21. The molecule has 0 aliphatic carbocycles. The van der Waals surface area contributed by atoms with Crippen LogP contribution in [0.4, 0.5) is 0 Å². The highest BCUT2D eigenvalue weighted by Gasteiger charge is 2.20. The minimum atomic E-state index is -1.60. The number of hydrogen-bond donors (Lipinski definition) is 3. The number of ketones is 1. The van der Waals surface area contributed by atoms with Gasteiger partial charge in [0.05, 0.1) is 6.61 Å². The van der Waals surface area contributed by atoms with E-state index in [-0.39, 0.29) is 0 Å². The van der Waals surface area contributed by atoms with E-state index < -0.39 is 24.6 Å². The summed E-state index contributed by atoms with van der Waals surface area (Å²) in [5.74, 6) is -0.648. The molecule has 0 aliphatic rings. The Morgan fingerprint density at radius 1 is 0.724 bits per heavy atom. The Kier molecular flexibility index (Phi) is 19.3. The van der Waals surface area contributed by atoms with Gasteiger partial charge in [-0.1, -0.05) is 112 Å². The van der Waals surface area contributed by atoms with E-state index in [0.29, 0.717) is 0 Å². The molecule has 0 fully saturated rings. The fraction of sp³-hybridized carbons (Fsp3) is 0.480. The van der Waals surface area contributed by atoms with E-state index in [1.807, 2.05) is 36.5 Å². The normalized spacial score (nSPS) is 15.2. The zero-order valence-corrected chi connectivity index (χ0v) is 17.7. The third-order valence-electron chi connectivity index (χ3n) is 4.21. The first-order valence-corrected chi connectivity index (χ1v) is 10.6. The molecule has 0 aromatic heterocycles. The Balaban J connectivity index is 3.82. The van der Waals surface area contributed by atoms with E-state index >= 15 is 0 Å². The van der Waals surface area contributed by atoms with Crippen LogP contribution in [0.1, 0.15) is 58.3 Å². The number of allylic oxidation sites excluding steroid dienone is 11. The van der Waals surface area contributed by atoms with Gasteiger partial charge in [-0.2, -0.15) is 0 Å². The molecule has 3 N–H and O–H groups in total. The molecule has 4 heteroatoms.